The van der Waals surface area contributed by atoms with E-state index in [-0.39, 0.29) is 11.9 Å². The number of rotatable bonds is 7. The number of ether oxygens (including phenoxy) is 1. The van der Waals surface area contributed by atoms with Gasteiger partial charge in [0.25, 0.3) is 0 Å². The minimum absolute atomic E-state index is 0.0923. The van der Waals surface area contributed by atoms with E-state index in [0.29, 0.717) is 12.5 Å². The third-order valence-electron chi connectivity index (χ3n) is 6.56. The zero-order valence-corrected chi connectivity index (χ0v) is 20.1. The van der Waals surface area contributed by atoms with E-state index >= 15 is 0 Å². The summed E-state index contributed by atoms with van der Waals surface area (Å²) in [5, 5.41) is 6.27. The molecule has 3 aromatic rings. The van der Waals surface area contributed by atoms with E-state index in [0.717, 1.165) is 68.3 Å². The van der Waals surface area contributed by atoms with Gasteiger partial charge in [-0.25, -0.2) is 9.97 Å². The monoisotopic (exact) mass is 472 g/mol. The third-order valence-corrected chi connectivity index (χ3v) is 6.56. The summed E-state index contributed by atoms with van der Waals surface area (Å²) in [6, 6.07) is 18.4. The van der Waals surface area contributed by atoms with Gasteiger partial charge in [-0.15, -0.1) is 0 Å². The highest BCUT2D eigenvalue weighted by Crippen LogP contribution is 2.28. The number of carbonyl (C=O) groups is 1. The van der Waals surface area contributed by atoms with E-state index in [9.17, 15) is 4.79 Å². The van der Waals surface area contributed by atoms with E-state index in [4.69, 9.17) is 9.72 Å². The molecule has 2 fully saturated rings. The number of morpholine rings is 1. The molecule has 1 atom stereocenters. The molecule has 182 valence electrons. The van der Waals surface area contributed by atoms with Crippen molar-refractivity contribution < 1.29 is 9.53 Å². The van der Waals surface area contributed by atoms with E-state index in [1.807, 2.05) is 13.0 Å². The highest BCUT2D eigenvalue weighted by Gasteiger charge is 2.30. The molecule has 0 radical (unpaired) electrons. The highest BCUT2D eigenvalue weighted by atomic mass is 16.5. The zero-order chi connectivity index (χ0) is 24.0. The van der Waals surface area contributed by atoms with Crippen LogP contribution < -0.4 is 20.4 Å². The summed E-state index contributed by atoms with van der Waals surface area (Å²) in [5.74, 6) is 0.667. The number of nitrogens with zero attached hydrogens (tertiary/aromatic N) is 4. The molecule has 0 unspecified atom stereocenters. The first-order valence-electron chi connectivity index (χ1n) is 12.4. The van der Waals surface area contributed by atoms with Gasteiger partial charge in [0.2, 0.25) is 11.9 Å². The van der Waals surface area contributed by atoms with Crippen molar-refractivity contribution >= 4 is 28.9 Å². The van der Waals surface area contributed by atoms with E-state index in [1.165, 1.54) is 5.69 Å². The van der Waals surface area contributed by atoms with Gasteiger partial charge in [-0.2, -0.15) is 0 Å². The van der Waals surface area contributed by atoms with Crippen molar-refractivity contribution in [1.29, 1.82) is 0 Å². The number of hydrogen-bond acceptors (Lipinski definition) is 7. The van der Waals surface area contributed by atoms with Crippen LogP contribution in [-0.4, -0.2) is 61.3 Å². The molecule has 3 heterocycles. The number of anilines is 4. The second-order valence-electron chi connectivity index (χ2n) is 8.83. The number of carbonyl (C=O) groups excluding carboxylic acids is 1. The normalized spacial score (nSPS) is 17.9. The molecule has 0 aliphatic carbocycles. The van der Waals surface area contributed by atoms with Crippen LogP contribution in [0.15, 0.2) is 60.8 Å². The fraction of sp³-hybridized carbons (Fsp3) is 0.370. The van der Waals surface area contributed by atoms with Crippen LogP contribution in [0.4, 0.5) is 23.0 Å². The maximum atomic E-state index is 12.4. The lowest BCUT2D eigenvalue weighted by Crippen LogP contribution is -2.43. The highest BCUT2D eigenvalue weighted by molar-refractivity contribution is 5.86. The second-order valence-corrected chi connectivity index (χ2v) is 8.83. The fourth-order valence-corrected chi connectivity index (χ4v) is 4.75. The molecule has 8 heteroatoms. The lowest BCUT2D eigenvalue weighted by Gasteiger charge is -2.28. The maximum absolute atomic E-state index is 12.4. The molecule has 35 heavy (non-hydrogen) atoms. The van der Waals surface area contributed by atoms with Gasteiger partial charge in [-0.1, -0.05) is 12.1 Å². The number of hydrogen-bond donors (Lipinski definition) is 2. The Morgan fingerprint density at radius 2 is 1.74 bits per heavy atom. The van der Waals surface area contributed by atoms with Crippen LogP contribution in [0.25, 0.3) is 11.3 Å². The van der Waals surface area contributed by atoms with Gasteiger partial charge >= 0.3 is 0 Å². The average Bonchev–Trinajstić information content (AvgIpc) is 3.40. The molecule has 5 rings (SSSR count). The Labute approximate surface area is 206 Å². The average molecular weight is 473 g/mol. The first kappa shape index (κ1) is 23.1. The van der Waals surface area contributed by atoms with E-state index in [2.05, 4.69) is 73.9 Å². The van der Waals surface area contributed by atoms with Crippen LogP contribution in [-0.2, 0) is 9.53 Å². The second kappa shape index (κ2) is 10.7. The van der Waals surface area contributed by atoms with Crippen LogP contribution in [0, 0.1) is 0 Å². The lowest BCUT2D eigenvalue weighted by molar-refractivity contribution is -0.122. The van der Waals surface area contributed by atoms with Crippen LogP contribution >= 0.6 is 0 Å². The minimum atomic E-state index is -0.0923. The standard InChI is InChI=1S/C27H32N6O2/c1-2-28-26(34)25-4-3-15-33(25)23-9-5-20(6-10-23)24-13-14-29-27(31-24)30-21-7-11-22(12-8-21)32-16-18-35-19-17-32/h5-14,25H,2-4,15-19H2,1H3,(H,28,34)(H,29,30,31)/t25-/m1/s1. The summed E-state index contributed by atoms with van der Waals surface area (Å²) >= 11 is 0. The molecule has 2 saturated heterocycles. The minimum Gasteiger partial charge on any atom is -0.378 e. The fourth-order valence-electron chi connectivity index (χ4n) is 4.75. The first-order valence-corrected chi connectivity index (χ1v) is 12.4. The molecular formula is C27H32N6O2. The van der Waals surface area contributed by atoms with Crippen molar-refractivity contribution in [1.82, 2.24) is 15.3 Å². The quantitative estimate of drug-likeness (QED) is 0.541. The van der Waals surface area contributed by atoms with Crippen LogP contribution in [0.5, 0.6) is 0 Å². The Bertz CT molecular complexity index is 1130. The SMILES string of the molecule is CCNC(=O)[C@H]1CCCN1c1ccc(-c2ccnc(Nc3ccc(N4CCOCC4)cc3)n2)cc1. The summed E-state index contributed by atoms with van der Waals surface area (Å²) in [6.45, 7) is 6.89. The Morgan fingerprint density at radius 3 is 2.49 bits per heavy atom. The summed E-state index contributed by atoms with van der Waals surface area (Å²) in [4.78, 5) is 26.1. The Hall–Kier alpha value is -3.65. The van der Waals surface area contributed by atoms with Crippen molar-refractivity contribution in [2.75, 3.05) is 54.5 Å². The smallest absolute Gasteiger partial charge is 0.242 e. The van der Waals surface area contributed by atoms with Gasteiger partial charge in [0.15, 0.2) is 0 Å². The Kier molecular flexibility index (Phi) is 7.09. The largest absolute Gasteiger partial charge is 0.378 e. The summed E-state index contributed by atoms with van der Waals surface area (Å²) in [6.07, 6.45) is 3.69. The molecule has 2 aromatic carbocycles. The van der Waals surface area contributed by atoms with Crippen molar-refractivity contribution in [2.24, 2.45) is 0 Å². The van der Waals surface area contributed by atoms with Gasteiger partial charge < -0.3 is 25.2 Å². The molecule has 1 aromatic heterocycles. The van der Waals surface area contributed by atoms with E-state index < -0.39 is 0 Å². The molecule has 2 aliphatic rings. The van der Waals surface area contributed by atoms with Crippen molar-refractivity contribution in [3.63, 3.8) is 0 Å². The van der Waals surface area contributed by atoms with Gasteiger partial charge in [-0.05, 0) is 62.2 Å². The number of benzene rings is 2. The van der Waals surface area contributed by atoms with Crippen LogP contribution in [0.3, 0.4) is 0 Å². The molecule has 8 nitrogen and oxygen atoms in total. The number of aromatic nitrogens is 2. The number of nitrogens with one attached hydrogen (secondary N) is 2. The predicted molar refractivity (Wildman–Crippen MR) is 139 cm³/mol. The zero-order valence-electron chi connectivity index (χ0n) is 20.1. The van der Waals surface area contributed by atoms with Gasteiger partial charge in [0.05, 0.1) is 18.9 Å². The van der Waals surface area contributed by atoms with Gasteiger partial charge in [0.1, 0.15) is 6.04 Å². The third kappa shape index (κ3) is 5.38. The van der Waals surface area contributed by atoms with Crippen molar-refractivity contribution in [3.05, 3.63) is 60.8 Å². The summed E-state index contributed by atoms with van der Waals surface area (Å²) < 4.78 is 5.44. The number of likely N-dealkylation sites (N-methyl/N-ethyl adjacent to an activating group) is 1. The Balaban J connectivity index is 1.26. The molecule has 1 amide bonds. The van der Waals surface area contributed by atoms with Crippen molar-refractivity contribution in [2.45, 2.75) is 25.8 Å². The number of amides is 1. The van der Waals surface area contributed by atoms with Crippen LogP contribution in [0.2, 0.25) is 0 Å². The molecular weight excluding hydrogens is 440 g/mol. The summed E-state index contributed by atoms with van der Waals surface area (Å²) in [7, 11) is 0. The van der Waals surface area contributed by atoms with Crippen molar-refractivity contribution in [3.8, 4) is 11.3 Å². The molecule has 2 N–H and O–H groups in total. The van der Waals surface area contributed by atoms with Gasteiger partial charge in [-0.3, -0.25) is 4.79 Å². The molecule has 0 spiro atoms. The molecule has 2 aliphatic heterocycles. The summed E-state index contributed by atoms with van der Waals surface area (Å²) in [5.41, 5.74) is 5.06. The lowest BCUT2D eigenvalue weighted by atomic mass is 10.1. The predicted octanol–water partition coefficient (Wildman–Crippen LogP) is 3.83. The Morgan fingerprint density at radius 1 is 1.00 bits per heavy atom. The molecule has 0 saturated carbocycles. The van der Waals surface area contributed by atoms with Crippen LogP contribution in [0.1, 0.15) is 19.8 Å². The van der Waals surface area contributed by atoms with Gasteiger partial charge in [0, 0.05) is 55.0 Å². The maximum Gasteiger partial charge on any atom is 0.242 e. The molecule has 0 bridgehead atoms. The first-order chi connectivity index (χ1) is 17.2. The topological polar surface area (TPSA) is 82.6 Å². The van der Waals surface area contributed by atoms with E-state index in [1.54, 1.807) is 6.20 Å².